The van der Waals surface area contributed by atoms with E-state index in [1.807, 2.05) is 36.4 Å². The zero-order valence-corrected chi connectivity index (χ0v) is 16.5. The van der Waals surface area contributed by atoms with Gasteiger partial charge in [0.05, 0.1) is 5.69 Å². The Morgan fingerprint density at radius 2 is 1.67 bits per heavy atom. The third kappa shape index (κ3) is 3.00. The summed E-state index contributed by atoms with van der Waals surface area (Å²) in [7, 11) is 0. The molecule has 1 amide bonds. The summed E-state index contributed by atoms with van der Waals surface area (Å²) < 4.78 is 5.54. The Kier molecular flexibility index (Phi) is 4.44. The molecule has 1 aliphatic carbocycles. The number of hydrogen-bond donors (Lipinski definition) is 2. The molecule has 0 aliphatic heterocycles. The van der Waals surface area contributed by atoms with Crippen LogP contribution in [-0.2, 0) is 4.74 Å². The Labute approximate surface area is 175 Å². The maximum atomic E-state index is 12.6. The molecule has 0 radical (unpaired) electrons. The summed E-state index contributed by atoms with van der Waals surface area (Å²) in [6.07, 6.45) is 0.893. The fourth-order valence-corrected chi connectivity index (χ4v) is 4.88. The van der Waals surface area contributed by atoms with E-state index in [0.29, 0.717) is 10.2 Å². The fraction of sp³-hybridized carbons (Fsp3) is 0.0870. The van der Waals surface area contributed by atoms with Crippen LogP contribution >= 0.6 is 11.3 Å². The topological polar surface area (TPSA) is 88.5 Å². The highest BCUT2D eigenvalue weighted by Gasteiger charge is 2.29. The molecule has 4 aromatic rings. The molecule has 0 spiro atoms. The van der Waals surface area contributed by atoms with Gasteiger partial charge in [-0.3, -0.25) is 5.32 Å². The van der Waals surface area contributed by atoms with Crippen LogP contribution in [0.25, 0.3) is 21.3 Å². The number of anilines is 1. The molecule has 0 fully saturated rings. The van der Waals surface area contributed by atoms with Gasteiger partial charge in [-0.05, 0) is 34.4 Å². The van der Waals surface area contributed by atoms with E-state index >= 15 is 0 Å². The molecule has 7 heteroatoms. The lowest BCUT2D eigenvalue weighted by atomic mass is 9.98. The first-order valence-corrected chi connectivity index (χ1v) is 10.2. The summed E-state index contributed by atoms with van der Waals surface area (Å²) in [4.78, 5) is 28.9. The minimum Gasteiger partial charge on any atom is -0.477 e. The van der Waals surface area contributed by atoms with Crippen molar-refractivity contribution in [3.05, 3.63) is 82.9 Å². The summed E-state index contributed by atoms with van der Waals surface area (Å²) in [5.41, 5.74) is 4.73. The van der Waals surface area contributed by atoms with E-state index in [4.69, 9.17) is 4.74 Å². The minimum absolute atomic E-state index is 0.0252. The number of thiophene rings is 1. The Bertz CT molecular complexity index is 1250. The van der Waals surface area contributed by atoms with Crippen molar-refractivity contribution in [1.82, 2.24) is 4.98 Å². The van der Waals surface area contributed by atoms with Gasteiger partial charge >= 0.3 is 12.1 Å². The predicted molar refractivity (Wildman–Crippen MR) is 115 cm³/mol. The summed E-state index contributed by atoms with van der Waals surface area (Å²) >= 11 is 1.02. The number of benzene rings is 2. The zero-order valence-electron chi connectivity index (χ0n) is 15.7. The number of nitrogens with one attached hydrogen (secondary N) is 1. The molecular formula is C23H16N2O4S. The van der Waals surface area contributed by atoms with Gasteiger partial charge in [0.15, 0.2) is 0 Å². The Balaban J connectivity index is 1.39. The second-order valence-electron chi connectivity index (χ2n) is 6.92. The van der Waals surface area contributed by atoms with Crippen molar-refractivity contribution in [3.63, 3.8) is 0 Å². The van der Waals surface area contributed by atoms with Crippen molar-refractivity contribution in [3.8, 4) is 11.1 Å². The monoisotopic (exact) mass is 416 g/mol. The molecule has 2 aromatic carbocycles. The number of rotatable bonds is 4. The number of aromatic carboxylic acids is 1. The number of nitrogens with zero attached hydrogens (tertiary/aromatic N) is 1. The van der Waals surface area contributed by atoms with Crippen LogP contribution in [0.1, 0.15) is 26.7 Å². The second kappa shape index (κ2) is 7.27. The molecule has 2 aromatic heterocycles. The lowest BCUT2D eigenvalue weighted by molar-refractivity contribution is 0.0703. The number of aromatic nitrogens is 1. The molecule has 0 bridgehead atoms. The maximum absolute atomic E-state index is 12.6. The predicted octanol–water partition coefficient (Wildman–Crippen LogP) is 5.36. The number of ether oxygens (including phenoxy) is 1. The molecular weight excluding hydrogens is 400 g/mol. The average molecular weight is 416 g/mol. The fourth-order valence-electron chi connectivity index (χ4n) is 3.94. The number of fused-ring (bicyclic) bond motifs is 4. The summed E-state index contributed by atoms with van der Waals surface area (Å²) in [6.45, 7) is 0.155. The SMILES string of the molecule is O=C(Nc1c(C(=O)O)sc2ncccc12)OCC1c2ccccc2-c2ccccc21. The molecule has 1 aliphatic rings. The van der Waals surface area contributed by atoms with Crippen LogP contribution < -0.4 is 5.32 Å². The van der Waals surface area contributed by atoms with E-state index in [1.54, 1.807) is 18.3 Å². The highest BCUT2D eigenvalue weighted by molar-refractivity contribution is 7.21. The van der Waals surface area contributed by atoms with Crippen LogP contribution in [0.3, 0.4) is 0 Å². The van der Waals surface area contributed by atoms with Crippen molar-refractivity contribution >= 4 is 39.3 Å². The van der Waals surface area contributed by atoms with E-state index in [-0.39, 0.29) is 23.1 Å². The van der Waals surface area contributed by atoms with E-state index in [9.17, 15) is 14.7 Å². The molecule has 0 saturated heterocycles. The summed E-state index contributed by atoms with van der Waals surface area (Å²) in [6, 6.07) is 19.6. The van der Waals surface area contributed by atoms with E-state index < -0.39 is 12.1 Å². The van der Waals surface area contributed by atoms with Crippen LogP contribution in [0.4, 0.5) is 10.5 Å². The van der Waals surface area contributed by atoms with Gasteiger partial charge in [-0.15, -0.1) is 11.3 Å². The summed E-state index contributed by atoms with van der Waals surface area (Å²) in [5, 5.41) is 12.7. The number of carboxylic acid groups (broad SMARTS) is 1. The van der Waals surface area contributed by atoms with Crippen molar-refractivity contribution < 1.29 is 19.4 Å². The van der Waals surface area contributed by atoms with E-state index in [0.717, 1.165) is 33.6 Å². The number of carboxylic acids is 1. The number of hydrogen-bond acceptors (Lipinski definition) is 5. The van der Waals surface area contributed by atoms with Gasteiger partial charge < -0.3 is 9.84 Å². The maximum Gasteiger partial charge on any atom is 0.411 e. The molecule has 2 heterocycles. The van der Waals surface area contributed by atoms with Crippen molar-refractivity contribution in [2.24, 2.45) is 0 Å². The Morgan fingerprint density at radius 1 is 1.00 bits per heavy atom. The first-order valence-electron chi connectivity index (χ1n) is 9.36. The molecule has 0 saturated carbocycles. The van der Waals surface area contributed by atoms with Gasteiger partial charge in [-0.2, -0.15) is 0 Å². The normalized spacial score (nSPS) is 12.4. The molecule has 148 valence electrons. The van der Waals surface area contributed by atoms with Crippen molar-refractivity contribution in [1.29, 1.82) is 0 Å². The molecule has 0 unspecified atom stereocenters. The van der Waals surface area contributed by atoms with E-state index in [1.165, 1.54) is 0 Å². The molecule has 2 N–H and O–H groups in total. The Morgan fingerprint density at radius 3 is 2.33 bits per heavy atom. The van der Waals surface area contributed by atoms with E-state index in [2.05, 4.69) is 22.4 Å². The molecule has 6 nitrogen and oxygen atoms in total. The second-order valence-corrected chi connectivity index (χ2v) is 7.92. The Hall–Kier alpha value is -3.71. The first kappa shape index (κ1) is 18.3. The average Bonchev–Trinajstić information content (AvgIpc) is 3.29. The molecule has 0 atom stereocenters. The van der Waals surface area contributed by atoms with Gasteiger partial charge in [-0.1, -0.05) is 48.5 Å². The summed E-state index contributed by atoms with van der Waals surface area (Å²) in [5.74, 6) is -1.19. The molecule has 5 rings (SSSR count). The highest BCUT2D eigenvalue weighted by atomic mass is 32.1. The van der Waals surface area contributed by atoms with Crippen LogP contribution in [0, 0.1) is 0 Å². The quantitative estimate of drug-likeness (QED) is 0.468. The van der Waals surface area contributed by atoms with Gasteiger partial charge in [0, 0.05) is 17.5 Å². The van der Waals surface area contributed by atoms with Crippen molar-refractivity contribution in [2.75, 3.05) is 11.9 Å². The number of pyridine rings is 1. The van der Waals surface area contributed by atoms with Gasteiger partial charge in [0.2, 0.25) is 0 Å². The lowest BCUT2D eigenvalue weighted by Gasteiger charge is -2.14. The van der Waals surface area contributed by atoms with Crippen LogP contribution in [0.2, 0.25) is 0 Å². The minimum atomic E-state index is -1.12. The van der Waals surface area contributed by atoms with Gasteiger partial charge in [0.1, 0.15) is 16.3 Å². The standard InChI is InChI=1S/C23H16N2O4S/c26-22(27)20-19(17-10-5-11-24-21(17)30-20)25-23(28)29-12-18-15-8-3-1-6-13(15)14-7-2-4-9-16(14)18/h1-11,18H,12H2,(H,25,28)(H,26,27). The zero-order chi connectivity index (χ0) is 20.7. The number of carbonyl (C=O) groups excluding carboxylic acids is 1. The number of amides is 1. The lowest BCUT2D eigenvalue weighted by Crippen LogP contribution is -2.18. The number of carbonyl (C=O) groups is 2. The third-order valence-corrected chi connectivity index (χ3v) is 6.33. The van der Waals surface area contributed by atoms with Crippen LogP contribution in [0.5, 0.6) is 0 Å². The highest BCUT2D eigenvalue weighted by Crippen LogP contribution is 2.44. The van der Waals surface area contributed by atoms with Crippen molar-refractivity contribution in [2.45, 2.75) is 5.92 Å². The van der Waals surface area contributed by atoms with Gasteiger partial charge in [0.25, 0.3) is 0 Å². The largest absolute Gasteiger partial charge is 0.477 e. The first-order chi connectivity index (χ1) is 14.6. The third-order valence-electron chi connectivity index (χ3n) is 5.23. The van der Waals surface area contributed by atoms with Crippen LogP contribution in [-0.4, -0.2) is 28.8 Å². The smallest absolute Gasteiger partial charge is 0.411 e. The molecule has 30 heavy (non-hydrogen) atoms. The van der Waals surface area contributed by atoms with Gasteiger partial charge in [-0.25, -0.2) is 14.6 Å². The van der Waals surface area contributed by atoms with Crippen LogP contribution in [0.15, 0.2) is 66.9 Å².